The van der Waals surface area contributed by atoms with E-state index in [1.807, 2.05) is 12.1 Å². The third-order valence-corrected chi connectivity index (χ3v) is 4.39. The summed E-state index contributed by atoms with van der Waals surface area (Å²) >= 11 is 0. The molecule has 0 aromatic carbocycles. The predicted octanol–water partition coefficient (Wildman–Crippen LogP) is 1.79. The molecular formula is C15H20N2O2. The summed E-state index contributed by atoms with van der Waals surface area (Å²) in [6, 6.07) is 4.61. The molecule has 2 bridgehead atoms. The van der Waals surface area contributed by atoms with Crippen molar-refractivity contribution in [3.63, 3.8) is 0 Å². The standard InChI is InChI=1S/C15H20N2O2/c1-19-14-8-12-4-5-13(9-14)17(12)15(18)7-11-3-2-6-16-10-11/h2-3,6,10,12-14H,4-5,7-9H2,1H3/t12-,13+,14?. The molecule has 3 rings (SSSR count). The van der Waals surface area contributed by atoms with Gasteiger partial charge in [-0.2, -0.15) is 0 Å². The van der Waals surface area contributed by atoms with Crippen molar-refractivity contribution in [3.8, 4) is 0 Å². The van der Waals surface area contributed by atoms with Gasteiger partial charge in [0.1, 0.15) is 0 Å². The van der Waals surface area contributed by atoms with Crippen molar-refractivity contribution in [1.82, 2.24) is 9.88 Å². The highest BCUT2D eigenvalue weighted by atomic mass is 16.5. The van der Waals surface area contributed by atoms with Gasteiger partial charge in [0.05, 0.1) is 12.5 Å². The van der Waals surface area contributed by atoms with Crippen molar-refractivity contribution >= 4 is 5.91 Å². The van der Waals surface area contributed by atoms with Crippen molar-refractivity contribution in [2.45, 2.75) is 50.3 Å². The van der Waals surface area contributed by atoms with E-state index in [0.29, 0.717) is 24.6 Å². The fourth-order valence-electron chi connectivity index (χ4n) is 3.50. The van der Waals surface area contributed by atoms with E-state index >= 15 is 0 Å². The Hall–Kier alpha value is -1.42. The second kappa shape index (κ2) is 5.29. The van der Waals surface area contributed by atoms with Crippen molar-refractivity contribution in [1.29, 1.82) is 0 Å². The SMILES string of the molecule is COC1C[C@H]2CC[C@@H](C1)N2C(=O)Cc1cccnc1. The van der Waals surface area contributed by atoms with E-state index in [2.05, 4.69) is 9.88 Å². The van der Waals surface area contributed by atoms with Crippen LogP contribution < -0.4 is 0 Å². The van der Waals surface area contributed by atoms with Crippen LogP contribution in [0.25, 0.3) is 0 Å². The summed E-state index contributed by atoms with van der Waals surface area (Å²) in [4.78, 5) is 18.7. The molecule has 1 aromatic heterocycles. The Labute approximate surface area is 113 Å². The fraction of sp³-hybridized carbons (Fsp3) is 0.600. The van der Waals surface area contributed by atoms with Crippen molar-refractivity contribution in [3.05, 3.63) is 30.1 Å². The van der Waals surface area contributed by atoms with Crippen LogP contribution in [0.1, 0.15) is 31.2 Å². The lowest BCUT2D eigenvalue weighted by Crippen LogP contribution is -2.48. The lowest BCUT2D eigenvalue weighted by molar-refractivity contribution is -0.137. The van der Waals surface area contributed by atoms with Crippen molar-refractivity contribution in [2.75, 3.05) is 7.11 Å². The van der Waals surface area contributed by atoms with E-state index in [0.717, 1.165) is 31.2 Å². The Morgan fingerprint density at radius 2 is 2.16 bits per heavy atom. The van der Waals surface area contributed by atoms with E-state index < -0.39 is 0 Å². The van der Waals surface area contributed by atoms with Crippen LogP contribution >= 0.6 is 0 Å². The number of piperidine rings is 1. The zero-order valence-corrected chi connectivity index (χ0v) is 11.3. The number of aromatic nitrogens is 1. The van der Waals surface area contributed by atoms with Gasteiger partial charge in [-0.05, 0) is 37.3 Å². The molecular weight excluding hydrogens is 240 g/mol. The number of carbonyl (C=O) groups is 1. The largest absolute Gasteiger partial charge is 0.381 e. The van der Waals surface area contributed by atoms with Crippen LogP contribution in [0.5, 0.6) is 0 Å². The molecule has 3 atom stereocenters. The molecule has 1 unspecified atom stereocenters. The molecule has 0 saturated carbocycles. The quantitative estimate of drug-likeness (QED) is 0.832. The zero-order valence-electron chi connectivity index (χ0n) is 11.3. The van der Waals surface area contributed by atoms with Crippen LogP contribution in [-0.2, 0) is 16.0 Å². The molecule has 4 heteroatoms. The first kappa shape index (κ1) is 12.6. The molecule has 4 nitrogen and oxygen atoms in total. The Kier molecular flexibility index (Phi) is 3.51. The second-order valence-corrected chi connectivity index (χ2v) is 5.55. The molecule has 3 heterocycles. The van der Waals surface area contributed by atoms with Gasteiger partial charge >= 0.3 is 0 Å². The molecule has 2 aliphatic heterocycles. The number of carbonyl (C=O) groups excluding carboxylic acids is 1. The average molecular weight is 260 g/mol. The Morgan fingerprint density at radius 3 is 2.74 bits per heavy atom. The van der Waals surface area contributed by atoms with E-state index in [4.69, 9.17) is 4.74 Å². The third-order valence-electron chi connectivity index (χ3n) is 4.39. The highest BCUT2D eigenvalue weighted by Gasteiger charge is 2.42. The Balaban J connectivity index is 1.68. The molecule has 1 amide bonds. The number of ether oxygens (including phenoxy) is 1. The molecule has 2 aliphatic rings. The molecule has 19 heavy (non-hydrogen) atoms. The highest BCUT2D eigenvalue weighted by molar-refractivity contribution is 5.79. The zero-order chi connectivity index (χ0) is 13.2. The summed E-state index contributed by atoms with van der Waals surface area (Å²) in [6.45, 7) is 0. The number of nitrogens with zero attached hydrogens (tertiary/aromatic N) is 2. The van der Waals surface area contributed by atoms with Gasteiger partial charge in [-0.3, -0.25) is 9.78 Å². The van der Waals surface area contributed by atoms with Gasteiger partial charge in [0, 0.05) is 31.6 Å². The van der Waals surface area contributed by atoms with Crippen LogP contribution in [0.2, 0.25) is 0 Å². The minimum Gasteiger partial charge on any atom is -0.381 e. The number of amides is 1. The first-order chi connectivity index (χ1) is 9.28. The van der Waals surface area contributed by atoms with E-state index in [9.17, 15) is 4.79 Å². The van der Waals surface area contributed by atoms with Crippen LogP contribution in [-0.4, -0.2) is 41.1 Å². The first-order valence-corrected chi connectivity index (χ1v) is 7.01. The maximum absolute atomic E-state index is 12.5. The maximum Gasteiger partial charge on any atom is 0.227 e. The van der Waals surface area contributed by atoms with Gasteiger partial charge in [-0.1, -0.05) is 6.07 Å². The van der Waals surface area contributed by atoms with Gasteiger partial charge in [-0.15, -0.1) is 0 Å². The summed E-state index contributed by atoms with van der Waals surface area (Å²) in [5.74, 6) is 0.245. The summed E-state index contributed by atoms with van der Waals surface area (Å²) < 4.78 is 5.47. The number of rotatable bonds is 3. The van der Waals surface area contributed by atoms with Crippen molar-refractivity contribution in [2.24, 2.45) is 0 Å². The molecule has 102 valence electrons. The molecule has 0 N–H and O–H groups in total. The van der Waals surface area contributed by atoms with Gasteiger partial charge in [0.15, 0.2) is 0 Å². The van der Waals surface area contributed by atoms with Gasteiger partial charge < -0.3 is 9.64 Å². The van der Waals surface area contributed by atoms with Crippen LogP contribution in [0, 0.1) is 0 Å². The molecule has 0 radical (unpaired) electrons. The Bertz CT molecular complexity index is 435. The smallest absolute Gasteiger partial charge is 0.227 e. The van der Waals surface area contributed by atoms with Crippen LogP contribution in [0.4, 0.5) is 0 Å². The van der Waals surface area contributed by atoms with E-state index in [1.54, 1.807) is 19.5 Å². The predicted molar refractivity (Wildman–Crippen MR) is 71.6 cm³/mol. The molecule has 0 spiro atoms. The van der Waals surface area contributed by atoms with E-state index in [1.165, 1.54) is 0 Å². The monoisotopic (exact) mass is 260 g/mol. The van der Waals surface area contributed by atoms with Crippen molar-refractivity contribution < 1.29 is 9.53 Å². The Morgan fingerprint density at radius 1 is 1.42 bits per heavy atom. The molecule has 1 aromatic rings. The van der Waals surface area contributed by atoms with Gasteiger partial charge in [-0.25, -0.2) is 0 Å². The summed E-state index contributed by atoms with van der Waals surface area (Å²) in [6.07, 6.45) is 8.56. The number of hydrogen-bond acceptors (Lipinski definition) is 3. The summed E-state index contributed by atoms with van der Waals surface area (Å²) in [5.41, 5.74) is 1.00. The van der Waals surface area contributed by atoms with Crippen LogP contribution in [0.15, 0.2) is 24.5 Å². The first-order valence-electron chi connectivity index (χ1n) is 7.01. The summed E-state index contributed by atoms with van der Waals surface area (Å²) in [7, 11) is 1.78. The van der Waals surface area contributed by atoms with Gasteiger partial charge in [0.2, 0.25) is 5.91 Å². The van der Waals surface area contributed by atoms with Crippen LogP contribution in [0.3, 0.4) is 0 Å². The number of methoxy groups -OCH3 is 1. The molecule has 2 fully saturated rings. The lowest BCUT2D eigenvalue weighted by atomic mass is 9.98. The lowest BCUT2D eigenvalue weighted by Gasteiger charge is -2.38. The number of pyridine rings is 1. The minimum atomic E-state index is 0.245. The minimum absolute atomic E-state index is 0.245. The highest BCUT2D eigenvalue weighted by Crippen LogP contribution is 2.37. The average Bonchev–Trinajstić information content (AvgIpc) is 2.71. The van der Waals surface area contributed by atoms with Gasteiger partial charge in [0.25, 0.3) is 0 Å². The summed E-state index contributed by atoms with van der Waals surface area (Å²) in [5, 5.41) is 0. The second-order valence-electron chi connectivity index (χ2n) is 5.55. The topological polar surface area (TPSA) is 42.4 Å². The van der Waals surface area contributed by atoms with E-state index in [-0.39, 0.29) is 5.91 Å². The number of fused-ring (bicyclic) bond motifs is 2. The fourth-order valence-corrected chi connectivity index (χ4v) is 3.50. The third kappa shape index (κ3) is 2.50. The maximum atomic E-state index is 12.5. The molecule has 0 aliphatic carbocycles. The molecule has 2 saturated heterocycles. The normalized spacial score (nSPS) is 29.5. The number of hydrogen-bond donors (Lipinski definition) is 0.